The molecular formula is C59H39N3. The van der Waals surface area contributed by atoms with Crippen LogP contribution in [-0.4, -0.2) is 9.97 Å². The molecule has 0 radical (unpaired) electrons. The van der Waals surface area contributed by atoms with Crippen LogP contribution < -0.4 is 4.90 Å². The highest BCUT2D eigenvalue weighted by atomic mass is 15.2. The van der Waals surface area contributed by atoms with E-state index in [1.165, 1.54) is 55.9 Å². The number of nitrogens with zero attached hydrogens (tertiary/aromatic N) is 3. The van der Waals surface area contributed by atoms with E-state index >= 15 is 0 Å². The Labute approximate surface area is 361 Å². The Kier molecular flexibility index (Phi) is 8.39. The summed E-state index contributed by atoms with van der Waals surface area (Å²) in [6, 6.07) is 85.1. The second-order valence-corrected chi connectivity index (χ2v) is 16.1. The van der Waals surface area contributed by atoms with E-state index in [1.807, 2.05) is 12.1 Å². The van der Waals surface area contributed by atoms with Crippen LogP contribution in [0, 0.1) is 0 Å². The lowest BCUT2D eigenvalue weighted by molar-refractivity contribution is 0.753. The maximum atomic E-state index is 5.24. The molecule has 62 heavy (non-hydrogen) atoms. The van der Waals surface area contributed by atoms with Crippen molar-refractivity contribution in [1.29, 1.82) is 0 Å². The molecule has 9 aromatic carbocycles. The number of para-hydroxylation sites is 3. The Hall–Kier alpha value is -8.14. The Morgan fingerprint density at radius 1 is 0.290 bits per heavy atom. The topological polar surface area (TPSA) is 29.0 Å². The highest BCUT2D eigenvalue weighted by molar-refractivity contribution is 5.96. The fourth-order valence-corrected chi connectivity index (χ4v) is 9.93. The lowest BCUT2D eigenvalue weighted by Gasteiger charge is -2.45. The van der Waals surface area contributed by atoms with Gasteiger partial charge in [0.1, 0.15) is 0 Å². The summed E-state index contributed by atoms with van der Waals surface area (Å²) >= 11 is 0. The number of hydrogen-bond acceptors (Lipinski definition) is 3. The summed E-state index contributed by atoms with van der Waals surface area (Å²) in [6.45, 7) is 0. The minimum absolute atomic E-state index is 0.494. The molecule has 3 heteroatoms. The third-order valence-corrected chi connectivity index (χ3v) is 12.7. The molecule has 12 rings (SSSR count). The van der Waals surface area contributed by atoms with Crippen LogP contribution in [0.15, 0.2) is 237 Å². The van der Waals surface area contributed by atoms with Crippen LogP contribution >= 0.6 is 0 Å². The van der Waals surface area contributed by atoms with Gasteiger partial charge in [-0.2, -0.15) is 0 Å². The summed E-state index contributed by atoms with van der Waals surface area (Å²) in [5.41, 5.74) is 20.2. The standard InChI is InChI=1S/C59H39N3/c1-4-17-40(18-5-1)41-31-33-43(34-32-41)55-39-54(42-19-6-2-7-20-42)60-58(61-55)46-22-16-21-44(37-46)45-35-36-51-49(38-45)48-25-10-11-26-50(48)59(51)52-27-12-14-29-56(52)62(47-23-8-3-9-24-47)57-30-15-13-28-53(57)59/h1-39H. The number of fused-ring (bicyclic) bond motifs is 9. The van der Waals surface area contributed by atoms with Crippen molar-refractivity contribution in [1.82, 2.24) is 9.97 Å². The molecule has 1 spiro atoms. The molecule has 1 aliphatic carbocycles. The molecule has 0 atom stereocenters. The van der Waals surface area contributed by atoms with Crippen molar-refractivity contribution in [3.8, 4) is 67.3 Å². The van der Waals surface area contributed by atoms with E-state index in [-0.39, 0.29) is 0 Å². The van der Waals surface area contributed by atoms with E-state index in [1.54, 1.807) is 0 Å². The van der Waals surface area contributed by atoms with Crippen LogP contribution in [0.4, 0.5) is 17.1 Å². The van der Waals surface area contributed by atoms with Gasteiger partial charge in [-0.25, -0.2) is 9.97 Å². The lowest BCUT2D eigenvalue weighted by atomic mass is 9.64. The Morgan fingerprint density at radius 3 is 1.42 bits per heavy atom. The molecule has 10 aromatic rings. The van der Waals surface area contributed by atoms with Gasteiger partial charge in [-0.05, 0) is 98.1 Å². The van der Waals surface area contributed by atoms with Gasteiger partial charge in [0.15, 0.2) is 5.82 Å². The van der Waals surface area contributed by atoms with Gasteiger partial charge in [-0.3, -0.25) is 0 Å². The van der Waals surface area contributed by atoms with Gasteiger partial charge in [0.25, 0.3) is 0 Å². The second kappa shape index (κ2) is 14.5. The Bertz CT molecular complexity index is 3240. The minimum Gasteiger partial charge on any atom is -0.310 e. The summed E-state index contributed by atoms with van der Waals surface area (Å²) in [5.74, 6) is 0.694. The highest BCUT2D eigenvalue weighted by Crippen LogP contribution is 2.63. The van der Waals surface area contributed by atoms with Crippen LogP contribution in [-0.2, 0) is 5.41 Å². The molecule has 0 saturated carbocycles. The Balaban J connectivity index is 0.987. The van der Waals surface area contributed by atoms with Crippen molar-refractivity contribution in [2.45, 2.75) is 5.41 Å². The number of rotatable bonds is 6. The Morgan fingerprint density at radius 2 is 0.742 bits per heavy atom. The average Bonchev–Trinajstić information content (AvgIpc) is 3.65. The predicted molar refractivity (Wildman–Crippen MR) is 255 cm³/mol. The van der Waals surface area contributed by atoms with E-state index < -0.39 is 5.41 Å². The molecule has 0 bridgehead atoms. The molecule has 0 amide bonds. The number of aromatic nitrogens is 2. The second-order valence-electron chi connectivity index (χ2n) is 16.1. The first-order chi connectivity index (χ1) is 30.7. The van der Waals surface area contributed by atoms with E-state index in [0.29, 0.717) is 5.82 Å². The molecule has 2 heterocycles. The molecule has 1 aliphatic heterocycles. The van der Waals surface area contributed by atoms with Gasteiger partial charge in [0.2, 0.25) is 0 Å². The maximum Gasteiger partial charge on any atom is 0.160 e. The molecule has 290 valence electrons. The van der Waals surface area contributed by atoms with E-state index in [2.05, 4.69) is 229 Å². The number of benzene rings is 9. The number of hydrogen-bond donors (Lipinski definition) is 0. The largest absolute Gasteiger partial charge is 0.310 e. The zero-order valence-corrected chi connectivity index (χ0v) is 33.9. The van der Waals surface area contributed by atoms with Gasteiger partial charge < -0.3 is 4.90 Å². The average molecular weight is 790 g/mol. The van der Waals surface area contributed by atoms with Gasteiger partial charge in [0.05, 0.1) is 28.2 Å². The fraction of sp³-hybridized carbons (Fsp3) is 0.0169. The molecule has 0 fully saturated rings. The van der Waals surface area contributed by atoms with Crippen LogP contribution in [0.5, 0.6) is 0 Å². The van der Waals surface area contributed by atoms with Crippen LogP contribution in [0.3, 0.4) is 0 Å². The molecule has 0 unspecified atom stereocenters. The molecule has 1 aromatic heterocycles. The van der Waals surface area contributed by atoms with Gasteiger partial charge in [0, 0.05) is 22.4 Å². The summed E-state index contributed by atoms with van der Waals surface area (Å²) in [4.78, 5) is 12.9. The number of anilines is 3. The van der Waals surface area contributed by atoms with Crippen molar-refractivity contribution in [2.75, 3.05) is 4.90 Å². The normalized spacial score (nSPS) is 12.9. The fourth-order valence-electron chi connectivity index (χ4n) is 9.93. The van der Waals surface area contributed by atoms with Gasteiger partial charge in [-0.15, -0.1) is 0 Å². The van der Waals surface area contributed by atoms with E-state index in [0.717, 1.165) is 44.9 Å². The summed E-state index contributed by atoms with van der Waals surface area (Å²) < 4.78 is 0. The van der Waals surface area contributed by atoms with Gasteiger partial charge >= 0.3 is 0 Å². The summed E-state index contributed by atoms with van der Waals surface area (Å²) in [5, 5.41) is 0. The first-order valence-corrected chi connectivity index (χ1v) is 21.2. The molecule has 0 N–H and O–H groups in total. The van der Waals surface area contributed by atoms with Crippen molar-refractivity contribution < 1.29 is 0 Å². The monoisotopic (exact) mass is 789 g/mol. The summed E-state index contributed by atoms with van der Waals surface area (Å²) in [7, 11) is 0. The van der Waals surface area contributed by atoms with Crippen molar-refractivity contribution in [3.05, 3.63) is 259 Å². The molecule has 2 aliphatic rings. The first kappa shape index (κ1) is 35.8. The maximum absolute atomic E-state index is 5.24. The quantitative estimate of drug-likeness (QED) is 0.168. The van der Waals surface area contributed by atoms with E-state index in [4.69, 9.17) is 9.97 Å². The zero-order valence-electron chi connectivity index (χ0n) is 33.9. The first-order valence-electron chi connectivity index (χ1n) is 21.2. The molecule has 3 nitrogen and oxygen atoms in total. The third kappa shape index (κ3) is 5.67. The van der Waals surface area contributed by atoms with Crippen LogP contribution in [0.1, 0.15) is 22.3 Å². The SMILES string of the molecule is c1ccc(-c2ccc(-c3cc(-c4ccccc4)nc(-c4cccc(-c5ccc6c(c5)-c5ccccc5C65c6ccccc6N(c6ccccc6)c6ccccc65)c4)n3)cc2)cc1. The van der Waals surface area contributed by atoms with Gasteiger partial charge in [-0.1, -0.05) is 194 Å². The molecule has 0 saturated heterocycles. The van der Waals surface area contributed by atoms with Crippen LogP contribution in [0.25, 0.3) is 67.3 Å². The predicted octanol–water partition coefficient (Wildman–Crippen LogP) is 15.0. The lowest BCUT2D eigenvalue weighted by Crippen LogP contribution is -2.36. The smallest absolute Gasteiger partial charge is 0.160 e. The van der Waals surface area contributed by atoms with E-state index in [9.17, 15) is 0 Å². The third-order valence-electron chi connectivity index (χ3n) is 12.7. The van der Waals surface area contributed by atoms with Crippen molar-refractivity contribution >= 4 is 17.1 Å². The minimum atomic E-state index is -0.494. The highest BCUT2D eigenvalue weighted by Gasteiger charge is 2.51. The summed E-state index contributed by atoms with van der Waals surface area (Å²) in [6.07, 6.45) is 0. The van der Waals surface area contributed by atoms with Crippen molar-refractivity contribution in [2.24, 2.45) is 0 Å². The van der Waals surface area contributed by atoms with Crippen LogP contribution in [0.2, 0.25) is 0 Å². The molecular weight excluding hydrogens is 751 g/mol. The zero-order chi connectivity index (χ0) is 41.0. The van der Waals surface area contributed by atoms with Crippen molar-refractivity contribution in [3.63, 3.8) is 0 Å².